The van der Waals surface area contributed by atoms with E-state index < -0.39 is 0 Å². The standard InChI is InChI=1S/C11H15NOS/c1-9-4-3-5-10(8-9)11(6-7-13)14-12-2/h3-5,7-8,11-12H,6H2,1-2H3. The fourth-order valence-electron chi connectivity index (χ4n) is 1.35. The zero-order valence-corrected chi connectivity index (χ0v) is 9.30. The highest BCUT2D eigenvalue weighted by atomic mass is 32.2. The summed E-state index contributed by atoms with van der Waals surface area (Å²) in [5.74, 6) is 0. The Kier molecular flexibility index (Phi) is 4.70. The minimum absolute atomic E-state index is 0.220. The third kappa shape index (κ3) is 3.16. The highest BCUT2D eigenvalue weighted by Gasteiger charge is 2.10. The van der Waals surface area contributed by atoms with Crippen LogP contribution in [0.2, 0.25) is 0 Å². The molecule has 0 spiro atoms. The first-order valence-corrected chi connectivity index (χ1v) is 5.48. The molecule has 0 amide bonds. The average Bonchev–Trinajstić information content (AvgIpc) is 2.17. The van der Waals surface area contributed by atoms with E-state index in [-0.39, 0.29) is 5.25 Å². The zero-order chi connectivity index (χ0) is 10.4. The lowest BCUT2D eigenvalue weighted by Crippen LogP contribution is -2.02. The van der Waals surface area contributed by atoms with E-state index in [1.165, 1.54) is 11.1 Å². The molecule has 0 bridgehead atoms. The molecule has 0 aromatic heterocycles. The van der Waals surface area contributed by atoms with E-state index in [1.807, 2.05) is 13.1 Å². The Hall–Kier alpha value is -0.800. The summed E-state index contributed by atoms with van der Waals surface area (Å²) in [6, 6.07) is 8.27. The molecule has 2 nitrogen and oxygen atoms in total. The van der Waals surface area contributed by atoms with Crippen molar-refractivity contribution in [2.45, 2.75) is 18.6 Å². The SMILES string of the molecule is CNSC(CC=O)c1cccc(C)c1. The van der Waals surface area contributed by atoms with Gasteiger partial charge >= 0.3 is 0 Å². The summed E-state index contributed by atoms with van der Waals surface area (Å²) < 4.78 is 3.03. The summed E-state index contributed by atoms with van der Waals surface area (Å²) in [5, 5.41) is 0.220. The molecule has 1 rings (SSSR count). The summed E-state index contributed by atoms with van der Waals surface area (Å²) in [7, 11) is 1.87. The number of aldehydes is 1. The van der Waals surface area contributed by atoms with E-state index in [0.717, 1.165) is 6.29 Å². The number of nitrogens with one attached hydrogen (secondary N) is 1. The van der Waals surface area contributed by atoms with E-state index in [2.05, 4.69) is 29.8 Å². The lowest BCUT2D eigenvalue weighted by molar-refractivity contribution is -0.107. The van der Waals surface area contributed by atoms with Gasteiger partial charge in [-0.15, -0.1) is 0 Å². The highest BCUT2D eigenvalue weighted by Crippen LogP contribution is 2.28. The fraction of sp³-hybridized carbons (Fsp3) is 0.364. The third-order valence-corrected chi connectivity index (χ3v) is 2.97. The second-order valence-electron chi connectivity index (χ2n) is 3.13. The molecule has 0 saturated carbocycles. The molecule has 0 radical (unpaired) electrons. The molecule has 1 N–H and O–H groups in total. The van der Waals surface area contributed by atoms with Crippen LogP contribution < -0.4 is 4.72 Å². The maximum absolute atomic E-state index is 10.5. The molecule has 0 aliphatic carbocycles. The van der Waals surface area contributed by atoms with Gasteiger partial charge in [-0.25, -0.2) is 0 Å². The smallest absolute Gasteiger partial charge is 0.121 e. The van der Waals surface area contributed by atoms with E-state index >= 15 is 0 Å². The Morgan fingerprint density at radius 1 is 1.57 bits per heavy atom. The summed E-state index contributed by atoms with van der Waals surface area (Å²) in [6.07, 6.45) is 1.52. The molecule has 0 fully saturated rings. The first kappa shape index (κ1) is 11.3. The van der Waals surface area contributed by atoms with Crippen LogP contribution in [0.15, 0.2) is 24.3 Å². The van der Waals surface area contributed by atoms with Crippen molar-refractivity contribution in [2.24, 2.45) is 0 Å². The van der Waals surface area contributed by atoms with E-state index in [9.17, 15) is 4.79 Å². The predicted molar refractivity (Wildman–Crippen MR) is 61.3 cm³/mol. The number of carbonyl (C=O) groups excluding carboxylic acids is 1. The first-order valence-electron chi connectivity index (χ1n) is 4.60. The largest absolute Gasteiger partial charge is 0.303 e. The number of benzene rings is 1. The summed E-state index contributed by atoms with van der Waals surface area (Å²) >= 11 is 1.58. The minimum Gasteiger partial charge on any atom is -0.303 e. The van der Waals surface area contributed by atoms with Crippen molar-refractivity contribution in [3.05, 3.63) is 35.4 Å². The Labute approximate surface area is 89.2 Å². The second-order valence-corrected chi connectivity index (χ2v) is 4.34. The van der Waals surface area contributed by atoms with Crippen LogP contribution >= 0.6 is 11.9 Å². The van der Waals surface area contributed by atoms with Gasteiger partial charge in [0.15, 0.2) is 0 Å². The van der Waals surface area contributed by atoms with Crippen LogP contribution in [0.1, 0.15) is 22.8 Å². The maximum Gasteiger partial charge on any atom is 0.121 e. The molecule has 0 saturated heterocycles. The predicted octanol–water partition coefficient (Wildman–Crippen LogP) is 2.49. The van der Waals surface area contributed by atoms with Gasteiger partial charge in [-0.1, -0.05) is 41.8 Å². The highest BCUT2D eigenvalue weighted by molar-refractivity contribution is 7.97. The Morgan fingerprint density at radius 2 is 2.36 bits per heavy atom. The molecule has 1 unspecified atom stereocenters. The molecule has 0 aliphatic heterocycles. The third-order valence-electron chi connectivity index (χ3n) is 1.98. The van der Waals surface area contributed by atoms with Crippen molar-refractivity contribution in [2.75, 3.05) is 7.05 Å². The van der Waals surface area contributed by atoms with E-state index in [4.69, 9.17) is 0 Å². The minimum atomic E-state index is 0.220. The van der Waals surface area contributed by atoms with Gasteiger partial charge in [-0.2, -0.15) is 0 Å². The number of rotatable bonds is 5. The quantitative estimate of drug-likeness (QED) is 0.596. The molecular weight excluding hydrogens is 194 g/mol. The second kappa shape index (κ2) is 5.83. The number of carbonyl (C=O) groups is 1. The molecule has 0 heterocycles. The van der Waals surface area contributed by atoms with Crippen LogP contribution in [0, 0.1) is 6.92 Å². The Balaban J connectivity index is 2.80. The topological polar surface area (TPSA) is 29.1 Å². The van der Waals surface area contributed by atoms with Gasteiger partial charge in [0, 0.05) is 6.42 Å². The van der Waals surface area contributed by atoms with Crippen LogP contribution in [-0.2, 0) is 4.79 Å². The van der Waals surface area contributed by atoms with E-state index in [0.29, 0.717) is 6.42 Å². The normalized spacial score (nSPS) is 12.4. The van der Waals surface area contributed by atoms with Crippen molar-refractivity contribution in [1.29, 1.82) is 0 Å². The molecule has 1 aromatic carbocycles. The summed E-state index contributed by atoms with van der Waals surface area (Å²) in [4.78, 5) is 10.5. The first-order chi connectivity index (χ1) is 6.77. The molecule has 1 aromatic rings. The number of hydrogen-bond acceptors (Lipinski definition) is 3. The number of hydrogen-bond donors (Lipinski definition) is 1. The molecule has 14 heavy (non-hydrogen) atoms. The Morgan fingerprint density at radius 3 is 2.93 bits per heavy atom. The maximum atomic E-state index is 10.5. The van der Waals surface area contributed by atoms with Gasteiger partial charge in [0.25, 0.3) is 0 Å². The fourth-order valence-corrected chi connectivity index (χ4v) is 2.09. The van der Waals surface area contributed by atoms with Gasteiger partial charge in [-0.3, -0.25) is 4.72 Å². The lowest BCUT2D eigenvalue weighted by Gasteiger charge is -2.13. The van der Waals surface area contributed by atoms with Crippen molar-refractivity contribution < 1.29 is 4.79 Å². The zero-order valence-electron chi connectivity index (χ0n) is 8.49. The van der Waals surface area contributed by atoms with Crippen molar-refractivity contribution in [1.82, 2.24) is 4.72 Å². The van der Waals surface area contributed by atoms with Gasteiger partial charge in [0.05, 0.1) is 5.25 Å². The van der Waals surface area contributed by atoms with E-state index in [1.54, 1.807) is 11.9 Å². The average molecular weight is 209 g/mol. The summed E-state index contributed by atoms with van der Waals surface area (Å²) in [5.41, 5.74) is 2.44. The van der Waals surface area contributed by atoms with Crippen molar-refractivity contribution in [3.63, 3.8) is 0 Å². The summed E-state index contributed by atoms with van der Waals surface area (Å²) in [6.45, 7) is 2.06. The molecule has 3 heteroatoms. The van der Waals surface area contributed by atoms with Gasteiger partial charge in [-0.05, 0) is 19.5 Å². The van der Waals surface area contributed by atoms with Crippen LogP contribution in [0.3, 0.4) is 0 Å². The Bertz CT molecular complexity index is 301. The van der Waals surface area contributed by atoms with Gasteiger partial charge in [0.1, 0.15) is 6.29 Å². The molecule has 1 atom stereocenters. The van der Waals surface area contributed by atoms with Crippen LogP contribution in [0.25, 0.3) is 0 Å². The van der Waals surface area contributed by atoms with Crippen molar-refractivity contribution in [3.8, 4) is 0 Å². The van der Waals surface area contributed by atoms with Crippen molar-refractivity contribution >= 4 is 18.2 Å². The molecular formula is C11H15NOS. The van der Waals surface area contributed by atoms with Gasteiger partial charge in [0.2, 0.25) is 0 Å². The molecule has 0 aliphatic rings. The monoisotopic (exact) mass is 209 g/mol. The van der Waals surface area contributed by atoms with Gasteiger partial charge < -0.3 is 4.79 Å². The van der Waals surface area contributed by atoms with Crippen LogP contribution in [-0.4, -0.2) is 13.3 Å². The lowest BCUT2D eigenvalue weighted by atomic mass is 10.1. The molecule has 76 valence electrons. The van der Waals surface area contributed by atoms with Crippen LogP contribution in [0.4, 0.5) is 0 Å². The number of aryl methyl sites for hydroxylation is 1. The van der Waals surface area contributed by atoms with Crippen LogP contribution in [0.5, 0.6) is 0 Å².